The number of rotatable bonds is 5. The first-order chi connectivity index (χ1) is 14.7. The summed E-state index contributed by atoms with van der Waals surface area (Å²) in [5.74, 6) is 0.533. The van der Waals surface area contributed by atoms with Gasteiger partial charge >= 0.3 is 6.61 Å². The van der Waals surface area contributed by atoms with Crippen LogP contribution in [0.15, 0.2) is 55.0 Å². The molecule has 1 fully saturated rings. The van der Waals surface area contributed by atoms with Crippen LogP contribution in [0, 0.1) is 0 Å². The molecule has 0 bridgehead atoms. The third-order valence-electron chi connectivity index (χ3n) is 5.63. The Morgan fingerprint density at radius 3 is 2.77 bits per heavy atom. The van der Waals surface area contributed by atoms with Crippen molar-refractivity contribution in [3.8, 4) is 11.1 Å². The fourth-order valence-electron chi connectivity index (χ4n) is 4.12. The van der Waals surface area contributed by atoms with E-state index in [1.807, 2.05) is 41.2 Å². The molecule has 3 aromatic heterocycles. The molecule has 0 radical (unpaired) electrons. The van der Waals surface area contributed by atoms with Gasteiger partial charge in [-0.2, -0.15) is 8.78 Å². The van der Waals surface area contributed by atoms with Gasteiger partial charge in [-0.3, -0.25) is 4.98 Å². The van der Waals surface area contributed by atoms with Gasteiger partial charge in [0, 0.05) is 29.4 Å². The van der Waals surface area contributed by atoms with E-state index in [1.54, 1.807) is 6.20 Å². The topological polar surface area (TPSA) is 64.3 Å². The Hall–Kier alpha value is -3.13. The van der Waals surface area contributed by atoms with Crippen LogP contribution >= 0.6 is 0 Å². The largest absolute Gasteiger partial charge is 0.350 e. The van der Waals surface area contributed by atoms with Gasteiger partial charge in [0.1, 0.15) is 0 Å². The molecule has 30 heavy (non-hydrogen) atoms. The molecule has 1 aromatic carbocycles. The maximum absolute atomic E-state index is 12.3. The Balaban J connectivity index is 1.33. The second-order valence-corrected chi connectivity index (χ2v) is 7.57. The summed E-state index contributed by atoms with van der Waals surface area (Å²) in [6.07, 6.45) is 7.86. The van der Waals surface area contributed by atoms with Crippen molar-refractivity contribution in [1.82, 2.24) is 19.6 Å². The first-order valence-electron chi connectivity index (χ1n) is 10.1. The molecule has 1 N–H and O–H groups in total. The molecule has 0 aliphatic heterocycles. The van der Waals surface area contributed by atoms with E-state index in [0.29, 0.717) is 18.8 Å². The lowest BCUT2D eigenvalue weighted by Gasteiger charge is -2.28. The predicted octanol–water partition coefficient (Wildman–Crippen LogP) is 4.91. The predicted molar refractivity (Wildman–Crippen MR) is 110 cm³/mol. The van der Waals surface area contributed by atoms with Gasteiger partial charge in [-0.25, -0.2) is 9.50 Å². The molecular weight excluding hydrogens is 388 g/mol. The van der Waals surface area contributed by atoms with Crippen LogP contribution in [0.1, 0.15) is 25.7 Å². The van der Waals surface area contributed by atoms with Crippen molar-refractivity contribution < 1.29 is 13.5 Å². The number of halogens is 2. The van der Waals surface area contributed by atoms with Gasteiger partial charge in [0.05, 0.1) is 23.3 Å². The average Bonchev–Trinajstić information content (AvgIpc) is 3.18. The summed E-state index contributed by atoms with van der Waals surface area (Å²) < 4.78 is 31.1. The summed E-state index contributed by atoms with van der Waals surface area (Å²) in [5, 5.41) is 8.99. The first kappa shape index (κ1) is 18.9. The second-order valence-electron chi connectivity index (χ2n) is 7.57. The molecule has 0 amide bonds. The lowest BCUT2D eigenvalue weighted by atomic mass is 9.93. The number of hydrogen-bond acceptors (Lipinski definition) is 5. The number of ether oxygens (including phenoxy) is 1. The van der Waals surface area contributed by atoms with Gasteiger partial charge in [0.2, 0.25) is 5.95 Å². The van der Waals surface area contributed by atoms with Crippen LogP contribution in [0.5, 0.6) is 0 Å². The van der Waals surface area contributed by atoms with Crippen molar-refractivity contribution in [2.45, 2.75) is 44.4 Å². The number of fused-ring (bicyclic) bond motifs is 2. The average molecular weight is 409 g/mol. The number of nitrogens with one attached hydrogen (secondary N) is 1. The SMILES string of the molecule is FC(F)O[C@H]1CC[C@H](Nc2ncc3c(-c4ccc5ncccc5c4)ccn3n2)CC1. The molecule has 0 spiro atoms. The molecule has 0 atom stereocenters. The summed E-state index contributed by atoms with van der Waals surface area (Å²) in [5.41, 5.74) is 4.01. The van der Waals surface area contributed by atoms with Crippen molar-refractivity contribution in [3.63, 3.8) is 0 Å². The summed E-state index contributed by atoms with van der Waals surface area (Å²) in [7, 11) is 0. The third kappa shape index (κ3) is 3.82. The summed E-state index contributed by atoms with van der Waals surface area (Å²) in [4.78, 5) is 8.85. The minimum atomic E-state index is -2.70. The molecule has 3 heterocycles. The van der Waals surface area contributed by atoms with Crippen molar-refractivity contribution in [2.24, 2.45) is 0 Å². The van der Waals surface area contributed by atoms with E-state index < -0.39 is 6.61 Å². The van der Waals surface area contributed by atoms with Crippen LogP contribution in [-0.2, 0) is 4.74 Å². The van der Waals surface area contributed by atoms with Crippen LogP contribution in [-0.4, -0.2) is 38.3 Å². The normalized spacial score (nSPS) is 19.6. The first-order valence-corrected chi connectivity index (χ1v) is 10.1. The van der Waals surface area contributed by atoms with E-state index in [0.717, 1.165) is 40.4 Å². The zero-order valence-corrected chi connectivity index (χ0v) is 16.2. The molecule has 0 saturated heterocycles. The second kappa shape index (κ2) is 7.95. The van der Waals surface area contributed by atoms with E-state index in [2.05, 4.69) is 37.3 Å². The Labute approximate surface area is 171 Å². The lowest BCUT2D eigenvalue weighted by Crippen LogP contribution is -2.31. The zero-order valence-electron chi connectivity index (χ0n) is 16.2. The van der Waals surface area contributed by atoms with Crippen LogP contribution in [0.2, 0.25) is 0 Å². The maximum Gasteiger partial charge on any atom is 0.345 e. The quantitative estimate of drug-likeness (QED) is 0.508. The van der Waals surface area contributed by atoms with Gasteiger partial charge in [0.15, 0.2) is 0 Å². The zero-order chi connectivity index (χ0) is 20.5. The minimum absolute atomic E-state index is 0.156. The van der Waals surface area contributed by atoms with Crippen LogP contribution in [0.4, 0.5) is 14.7 Å². The Morgan fingerprint density at radius 1 is 1.07 bits per heavy atom. The highest BCUT2D eigenvalue weighted by atomic mass is 19.3. The van der Waals surface area contributed by atoms with Crippen molar-refractivity contribution in [3.05, 3.63) is 55.0 Å². The molecule has 6 nitrogen and oxygen atoms in total. The van der Waals surface area contributed by atoms with Crippen LogP contribution in [0.3, 0.4) is 0 Å². The molecule has 1 aliphatic rings. The van der Waals surface area contributed by atoms with Gasteiger partial charge in [-0.05, 0) is 55.5 Å². The monoisotopic (exact) mass is 409 g/mol. The van der Waals surface area contributed by atoms with E-state index in [1.165, 1.54) is 0 Å². The van der Waals surface area contributed by atoms with E-state index in [-0.39, 0.29) is 12.1 Å². The number of alkyl halides is 2. The summed E-state index contributed by atoms with van der Waals surface area (Å²) in [6.45, 7) is -2.70. The molecule has 1 saturated carbocycles. The molecular formula is C22H21F2N5O. The Bertz CT molecular complexity index is 1170. The molecule has 8 heteroatoms. The Kier molecular flexibility index (Phi) is 5.00. The van der Waals surface area contributed by atoms with Crippen LogP contribution < -0.4 is 5.32 Å². The lowest BCUT2D eigenvalue weighted by molar-refractivity contribution is -0.169. The minimum Gasteiger partial charge on any atom is -0.350 e. The number of hydrogen-bond donors (Lipinski definition) is 1. The molecule has 0 unspecified atom stereocenters. The van der Waals surface area contributed by atoms with Crippen molar-refractivity contribution >= 4 is 22.4 Å². The standard InChI is InChI=1S/C22H21F2N5O/c23-21(24)30-17-6-4-16(5-7-17)27-22-26-13-20-18(9-11-29(20)28-22)14-3-8-19-15(12-14)2-1-10-25-19/h1-3,8-13,16-17,21H,4-7H2,(H,27,28)/t16-,17-. The molecule has 4 aromatic rings. The number of aromatic nitrogens is 4. The molecule has 1 aliphatic carbocycles. The van der Waals surface area contributed by atoms with E-state index in [9.17, 15) is 8.78 Å². The highest BCUT2D eigenvalue weighted by Crippen LogP contribution is 2.29. The smallest absolute Gasteiger partial charge is 0.345 e. The highest BCUT2D eigenvalue weighted by molar-refractivity contribution is 5.88. The fourth-order valence-corrected chi connectivity index (χ4v) is 4.12. The highest BCUT2D eigenvalue weighted by Gasteiger charge is 2.24. The Morgan fingerprint density at radius 2 is 1.93 bits per heavy atom. The van der Waals surface area contributed by atoms with Gasteiger partial charge in [-0.1, -0.05) is 12.1 Å². The van der Waals surface area contributed by atoms with Crippen molar-refractivity contribution in [2.75, 3.05) is 5.32 Å². The van der Waals surface area contributed by atoms with E-state index >= 15 is 0 Å². The van der Waals surface area contributed by atoms with Crippen molar-refractivity contribution in [1.29, 1.82) is 0 Å². The number of pyridine rings is 1. The number of benzene rings is 1. The number of anilines is 1. The summed E-state index contributed by atoms with van der Waals surface area (Å²) in [6, 6.07) is 12.3. The summed E-state index contributed by atoms with van der Waals surface area (Å²) >= 11 is 0. The third-order valence-corrected chi connectivity index (χ3v) is 5.63. The molecule has 154 valence electrons. The number of nitrogens with zero attached hydrogens (tertiary/aromatic N) is 4. The van der Waals surface area contributed by atoms with Gasteiger partial charge in [-0.15, -0.1) is 5.10 Å². The van der Waals surface area contributed by atoms with E-state index in [4.69, 9.17) is 0 Å². The molecule has 5 rings (SSSR count). The van der Waals surface area contributed by atoms with Gasteiger partial charge < -0.3 is 10.1 Å². The van der Waals surface area contributed by atoms with Gasteiger partial charge in [0.25, 0.3) is 0 Å². The fraction of sp³-hybridized carbons (Fsp3) is 0.318. The maximum atomic E-state index is 12.3. The van der Waals surface area contributed by atoms with Crippen LogP contribution in [0.25, 0.3) is 27.5 Å².